The SMILES string of the molecule is CCOC(=O)CCCNS(=O)(=O)C=Cc1ccccc1. The molecule has 0 radical (unpaired) electrons. The lowest BCUT2D eigenvalue weighted by Crippen LogP contribution is -2.23. The highest BCUT2D eigenvalue weighted by atomic mass is 32.2. The molecule has 0 aliphatic rings. The van der Waals surface area contributed by atoms with Gasteiger partial charge >= 0.3 is 5.97 Å². The zero-order valence-electron chi connectivity index (χ0n) is 11.4. The highest BCUT2D eigenvalue weighted by molar-refractivity contribution is 7.92. The van der Waals surface area contributed by atoms with E-state index in [0.717, 1.165) is 11.0 Å². The van der Waals surface area contributed by atoms with E-state index in [0.29, 0.717) is 13.0 Å². The van der Waals surface area contributed by atoms with E-state index in [2.05, 4.69) is 4.72 Å². The van der Waals surface area contributed by atoms with Gasteiger partial charge in [-0.2, -0.15) is 0 Å². The Morgan fingerprint density at radius 3 is 2.65 bits per heavy atom. The van der Waals surface area contributed by atoms with Gasteiger partial charge < -0.3 is 4.74 Å². The largest absolute Gasteiger partial charge is 0.466 e. The van der Waals surface area contributed by atoms with E-state index in [4.69, 9.17) is 4.74 Å². The van der Waals surface area contributed by atoms with Crippen LogP contribution in [0.5, 0.6) is 0 Å². The van der Waals surface area contributed by atoms with Gasteiger partial charge in [-0.15, -0.1) is 0 Å². The Balaban J connectivity index is 2.35. The molecule has 0 unspecified atom stereocenters. The molecule has 1 N–H and O–H groups in total. The lowest BCUT2D eigenvalue weighted by Gasteiger charge is -2.03. The lowest BCUT2D eigenvalue weighted by atomic mass is 10.2. The van der Waals surface area contributed by atoms with E-state index >= 15 is 0 Å². The maximum Gasteiger partial charge on any atom is 0.305 e. The summed E-state index contributed by atoms with van der Waals surface area (Å²) in [6.45, 7) is 2.28. The van der Waals surface area contributed by atoms with Gasteiger partial charge in [0.05, 0.1) is 6.61 Å². The predicted molar refractivity (Wildman–Crippen MR) is 78.3 cm³/mol. The smallest absolute Gasteiger partial charge is 0.305 e. The number of hydrogen-bond donors (Lipinski definition) is 1. The van der Waals surface area contributed by atoms with Crippen molar-refractivity contribution in [2.45, 2.75) is 19.8 Å². The van der Waals surface area contributed by atoms with Crippen molar-refractivity contribution in [1.29, 1.82) is 0 Å². The van der Waals surface area contributed by atoms with Crippen molar-refractivity contribution in [2.24, 2.45) is 0 Å². The molecule has 0 aliphatic carbocycles. The Morgan fingerprint density at radius 1 is 1.30 bits per heavy atom. The van der Waals surface area contributed by atoms with E-state index in [9.17, 15) is 13.2 Å². The summed E-state index contributed by atoms with van der Waals surface area (Å²) in [5, 5.41) is 1.12. The third kappa shape index (κ3) is 7.06. The zero-order valence-corrected chi connectivity index (χ0v) is 12.2. The summed E-state index contributed by atoms with van der Waals surface area (Å²) in [6.07, 6.45) is 2.14. The van der Waals surface area contributed by atoms with Crippen molar-refractivity contribution >= 4 is 22.1 Å². The molecule has 0 saturated heterocycles. The van der Waals surface area contributed by atoms with Gasteiger partial charge in [-0.25, -0.2) is 13.1 Å². The molecule has 0 saturated carbocycles. The summed E-state index contributed by atoms with van der Waals surface area (Å²) in [7, 11) is -3.47. The fraction of sp³-hybridized carbons (Fsp3) is 0.357. The molecule has 5 nitrogen and oxygen atoms in total. The van der Waals surface area contributed by atoms with Crippen molar-refractivity contribution in [3.8, 4) is 0 Å². The Hall–Kier alpha value is -1.66. The van der Waals surface area contributed by atoms with Gasteiger partial charge in [-0.3, -0.25) is 4.79 Å². The molecular formula is C14H19NO4S. The van der Waals surface area contributed by atoms with E-state index in [1.807, 2.05) is 30.3 Å². The van der Waals surface area contributed by atoms with E-state index in [1.54, 1.807) is 6.92 Å². The number of benzene rings is 1. The van der Waals surface area contributed by atoms with Crippen LogP contribution in [0.25, 0.3) is 6.08 Å². The summed E-state index contributed by atoms with van der Waals surface area (Å²) >= 11 is 0. The normalized spacial score (nSPS) is 11.7. The van der Waals surface area contributed by atoms with Crippen molar-refractivity contribution < 1.29 is 17.9 Å². The minimum absolute atomic E-state index is 0.207. The molecule has 6 heteroatoms. The number of carbonyl (C=O) groups excluding carboxylic acids is 1. The second kappa shape index (κ2) is 8.50. The van der Waals surface area contributed by atoms with Crippen LogP contribution in [-0.2, 0) is 19.6 Å². The second-order valence-corrected chi connectivity index (χ2v) is 5.71. The first-order chi connectivity index (χ1) is 9.53. The molecule has 0 aromatic heterocycles. The monoisotopic (exact) mass is 297 g/mol. The van der Waals surface area contributed by atoms with Gasteiger partial charge in [-0.1, -0.05) is 30.3 Å². The van der Waals surface area contributed by atoms with Gasteiger partial charge in [0.1, 0.15) is 0 Å². The summed E-state index contributed by atoms with van der Waals surface area (Å²) in [5.41, 5.74) is 0.810. The number of rotatable bonds is 8. The topological polar surface area (TPSA) is 72.5 Å². The molecule has 1 aromatic rings. The Bertz CT molecular complexity index is 538. The molecule has 1 aromatic carbocycles. The number of sulfonamides is 1. The van der Waals surface area contributed by atoms with Gasteiger partial charge in [0.25, 0.3) is 0 Å². The molecule has 0 spiro atoms. The fourth-order valence-corrected chi connectivity index (χ4v) is 2.32. The van der Waals surface area contributed by atoms with Crippen LogP contribution in [0, 0.1) is 0 Å². The Kier molecular flexibility index (Phi) is 6.97. The molecule has 1 rings (SSSR count). The van der Waals surface area contributed by atoms with Crippen LogP contribution in [-0.4, -0.2) is 27.5 Å². The fourth-order valence-electron chi connectivity index (χ4n) is 1.46. The number of ether oxygens (including phenoxy) is 1. The first-order valence-corrected chi connectivity index (χ1v) is 7.96. The quantitative estimate of drug-likeness (QED) is 0.588. The highest BCUT2D eigenvalue weighted by Crippen LogP contribution is 2.02. The minimum Gasteiger partial charge on any atom is -0.466 e. The van der Waals surface area contributed by atoms with E-state index in [-0.39, 0.29) is 18.9 Å². The number of esters is 1. The molecule has 0 aliphatic heterocycles. The highest BCUT2D eigenvalue weighted by Gasteiger charge is 2.06. The van der Waals surface area contributed by atoms with E-state index in [1.165, 1.54) is 6.08 Å². The molecule has 110 valence electrons. The molecule has 0 fully saturated rings. The lowest BCUT2D eigenvalue weighted by molar-refractivity contribution is -0.143. The van der Waals surface area contributed by atoms with E-state index < -0.39 is 10.0 Å². The minimum atomic E-state index is -3.47. The first-order valence-electron chi connectivity index (χ1n) is 6.42. The van der Waals surface area contributed by atoms with Crippen LogP contribution >= 0.6 is 0 Å². The van der Waals surface area contributed by atoms with Crippen molar-refractivity contribution in [1.82, 2.24) is 4.72 Å². The summed E-state index contributed by atoms with van der Waals surface area (Å²) in [6, 6.07) is 9.15. The molecule has 20 heavy (non-hydrogen) atoms. The molecule has 0 heterocycles. The summed E-state index contributed by atoms with van der Waals surface area (Å²) in [5.74, 6) is -0.313. The third-order valence-electron chi connectivity index (χ3n) is 2.41. The van der Waals surface area contributed by atoms with Crippen LogP contribution in [0.4, 0.5) is 0 Å². The number of nitrogens with one attached hydrogen (secondary N) is 1. The van der Waals surface area contributed by atoms with Crippen molar-refractivity contribution in [3.63, 3.8) is 0 Å². The van der Waals surface area contributed by atoms with Crippen LogP contribution in [0.15, 0.2) is 35.7 Å². The van der Waals surface area contributed by atoms with Gasteiger partial charge in [0.2, 0.25) is 10.0 Å². The Morgan fingerprint density at radius 2 is 2.00 bits per heavy atom. The summed E-state index contributed by atoms with van der Waals surface area (Å²) < 4.78 is 30.5. The maximum absolute atomic E-state index is 11.7. The van der Waals surface area contributed by atoms with Crippen LogP contribution < -0.4 is 4.72 Å². The van der Waals surface area contributed by atoms with Crippen molar-refractivity contribution in [2.75, 3.05) is 13.2 Å². The first kappa shape index (κ1) is 16.4. The molecule has 0 atom stereocenters. The third-order valence-corrected chi connectivity index (χ3v) is 3.51. The van der Waals surface area contributed by atoms with Crippen LogP contribution in [0.2, 0.25) is 0 Å². The molecule has 0 amide bonds. The standard InChI is InChI=1S/C14H19NO4S/c1-2-19-14(16)9-6-11-15-20(17,18)12-10-13-7-4-3-5-8-13/h3-5,7-8,10,12,15H,2,6,9,11H2,1H3. The van der Waals surface area contributed by atoms with Crippen LogP contribution in [0.1, 0.15) is 25.3 Å². The summed E-state index contributed by atoms with van der Waals surface area (Å²) in [4.78, 5) is 11.1. The average Bonchev–Trinajstić information content (AvgIpc) is 2.43. The maximum atomic E-state index is 11.7. The number of carbonyl (C=O) groups is 1. The Labute approximate surface area is 119 Å². The van der Waals surface area contributed by atoms with Gasteiger partial charge in [-0.05, 0) is 25.0 Å². The molecular weight excluding hydrogens is 278 g/mol. The van der Waals surface area contributed by atoms with Crippen LogP contribution in [0.3, 0.4) is 0 Å². The average molecular weight is 297 g/mol. The zero-order chi connectivity index (χ0) is 14.8. The van der Waals surface area contributed by atoms with Gasteiger partial charge in [0.15, 0.2) is 0 Å². The van der Waals surface area contributed by atoms with Gasteiger partial charge in [0, 0.05) is 18.4 Å². The van der Waals surface area contributed by atoms with Crippen molar-refractivity contribution in [3.05, 3.63) is 41.3 Å². The molecule has 0 bridgehead atoms. The second-order valence-electron chi connectivity index (χ2n) is 4.06. The number of hydrogen-bond acceptors (Lipinski definition) is 4. The predicted octanol–water partition coefficient (Wildman–Crippen LogP) is 1.92.